The Kier molecular flexibility index (Phi) is 6.06. The van der Waals surface area contributed by atoms with E-state index in [-0.39, 0.29) is 18.8 Å². The summed E-state index contributed by atoms with van der Waals surface area (Å²) < 4.78 is 0. The van der Waals surface area contributed by atoms with E-state index in [1.54, 1.807) is 0 Å². The molecule has 19 heavy (non-hydrogen) atoms. The highest BCUT2D eigenvalue weighted by Crippen LogP contribution is 2.28. The van der Waals surface area contributed by atoms with Crippen LogP contribution in [0.4, 0.5) is 0 Å². The van der Waals surface area contributed by atoms with Crippen molar-refractivity contribution in [1.29, 1.82) is 0 Å². The number of aliphatic carboxylic acids is 2. The highest BCUT2D eigenvalue weighted by Gasteiger charge is 2.17. The summed E-state index contributed by atoms with van der Waals surface area (Å²) in [5, 5.41) is 17.7. The van der Waals surface area contributed by atoms with Crippen molar-refractivity contribution in [2.45, 2.75) is 44.9 Å². The second kappa shape index (κ2) is 7.56. The number of hydrogen-bond acceptors (Lipinski definition) is 2. The van der Waals surface area contributed by atoms with Crippen LogP contribution in [0.3, 0.4) is 0 Å². The zero-order valence-electron chi connectivity index (χ0n) is 11.1. The third-order valence-electron chi connectivity index (χ3n) is 3.16. The van der Waals surface area contributed by atoms with Gasteiger partial charge in [-0.1, -0.05) is 37.6 Å². The third-order valence-corrected chi connectivity index (χ3v) is 3.16. The monoisotopic (exact) mass is 264 g/mol. The van der Waals surface area contributed by atoms with E-state index < -0.39 is 11.9 Å². The van der Waals surface area contributed by atoms with Gasteiger partial charge in [-0.3, -0.25) is 9.59 Å². The number of benzene rings is 1. The van der Waals surface area contributed by atoms with E-state index in [1.165, 1.54) is 0 Å². The van der Waals surface area contributed by atoms with E-state index in [4.69, 9.17) is 10.2 Å². The molecule has 0 aliphatic carbocycles. The molecule has 1 unspecified atom stereocenters. The Balaban J connectivity index is 2.93. The molecule has 0 radical (unpaired) electrons. The van der Waals surface area contributed by atoms with Gasteiger partial charge in [0.25, 0.3) is 0 Å². The first-order valence-electron chi connectivity index (χ1n) is 6.56. The largest absolute Gasteiger partial charge is 0.481 e. The van der Waals surface area contributed by atoms with Gasteiger partial charge in [0.1, 0.15) is 0 Å². The van der Waals surface area contributed by atoms with Gasteiger partial charge >= 0.3 is 11.9 Å². The average Bonchev–Trinajstić information content (AvgIpc) is 2.35. The molecule has 4 nitrogen and oxygen atoms in total. The topological polar surface area (TPSA) is 74.6 Å². The fraction of sp³-hybridized carbons (Fsp3) is 0.467. The van der Waals surface area contributed by atoms with E-state index in [9.17, 15) is 9.59 Å². The van der Waals surface area contributed by atoms with Gasteiger partial charge < -0.3 is 10.2 Å². The molecule has 0 saturated carbocycles. The van der Waals surface area contributed by atoms with Crippen LogP contribution < -0.4 is 0 Å². The summed E-state index contributed by atoms with van der Waals surface area (Å²) in [4.78, 5) is 21.6. The van der Waals surface area contributed by atoms with Crippen molar-refractivity contribution < 1.29 is 19.8 Å². The Morgan fingerprint density at radius 2 is 1.84 bits per heavy atom. The number of aryl methyl sites for hydroxylation is 1. The van der Waals surface area contributed by atoms with Crippen molar-refractivity contribution >= 4 is 11.9 Å². The van der Waals surface area contributed by atoms with Crippen LogP contribution in [0.15, 0.2) is 24.3 Å². The number of carboxylic acids is 2. The maximum Gasteiger partial charge on any atom is 0.303 e. The zero-order valence-corrected chi connectivity index (χ0v) is 11.1. The molecule has 104 valence electrons. The molecule has 0 aliphatic heterocycles. The fourth-order valence-corrected chi connectivity index (χ4v) is 2.33. The molecule has 0 fully saturated rings. The van der Waals surface area contributed by atoms with Crippen LogP contribution in [0.5, 0.6) is 0 Å². The first kappa shape index (κ1) is 15.2. The minimum Gasteiger partial charge on any atom is -0.481 e. The Morgan fingerprint density at radius 1 is 1.16 bits per heavy atom. The van der Waals surface area contributed by atoms with Gasteiger partial charge in [-0.05, 0) is 29.9 Å². The van der Waals surface area contributed by atoms with Crippen LogP contribution >= 0.6 is 0 Å². The molecule has 4 heteroatoms. The van der Waals surface area contributed by atoms with Gasteiger partial charge in [0.05, 0.1) is 6.42 Å². The predicted octanol–water partition coefficient (Wildman–Crippen LogP) is 3.06. The van der Waals surface area contributed by atoms with Crippen LogP contribution in [0, 0.1) is 0 Å². The molecule has 1 aromatic rings. The molecule has 0 heterocycles. The Bertz CT molecular complexity index is 440. The molecule has 0 spiro atoms. The maximum absolute atomic E-state index is 10.9. The summed E-state index contributed by atoms with van der Waals surface area (Å²) in [6.07, 6.45) is 2.33. The normalized spacial score (nSPS) is 12.1. The average molecular weight is 264 g/mol. The van der Waals surface area contributed by atoms with Crippen molar-refractivity contribution in [3.63, 3.8) is 0 Å². The molecule has 0 aromatic heterocycles. The van der Waals surface area contributed by atoms with Crippen LogP contribution in [0.1, 0.15) is 49.7 Å². The van der Waals surface area contributed by atoms with Crippen molar-refractivity contribution in [3.8, 4) is 0 Å². The summed E-state index contributed by atoms with van der Waals surface area (Å²) in [5.41, 5.74) is 1.93. The Labute approximate surface area is 113 Å². The molecule has 1 atom stereocenters. The maximum atomic E-state index is 10.9. The van der Waals surface area contributed by atoms with E-state index in [0.29, 0.717) is 6.42 Å². The first-order chi connectivity index (χ1) is 9.04. The van der Waals surface area contributed by atoms with Crippen LogP contribution in [-0.4, -0.2) is 22.2 Å². The molecule has 0 bridgehead atoms. The Hall–Kier alpha value is -1.84. The summed E-state index contributed by atoms with van der Waals surface area (Å²) in [5.74, 6) is -1.68. The Morgan fingerprint density at radius 3 is 2.42 bits per heavy atom. The highest BCUT2D eigenvalue weighted by molar-refractivity contribution is 5.68. The van der Waals surface area contributed by atoms with Gasteiger partial charge in [-0.25, -0.2) is 0 Å². The van der Waals surface area contributed by atoms with E-state index in [2.05, 4.69) is 0 Å². The van der Waals surface area contributed by atoms with Gasteiger partial charge in [0.2, 0.25) is 0 Å². The van der Waals surface area contributed by atoms with Gasteiger partial charge in [0, 0.05) is 6.42 Å². The van der Waals surface area contributed by atoms with Crippen LogP contribution in [0.2, 0.25) is 0 Å². The SMILES string of the molecule is CCCC(CC(=O)O)c1ccccc1CCC(=O)O. The van der Waals surface area contributed by atoms with Crippen molar-refractivity contribution in [2.75, 3.05) is 0 Å². The minimum atomic E-state index is -0.833. The molecular weight excluding hydrogens is 244 g/mol. The quantitative estimate of drug-likeness (QED) is 0.756. The van der Waals surface area contributed by atoms with Gasteiger partial charge in [-0.2, -0.15) is 0 Å². The second-order valence-corrected chi connectivity index (χ2v) is 4.68. The second-order valence-electron chi connectivity index (χ2n) is 4.68. The van der Waals surface area contributed by atoms with Crippen LogP contribution in [-0.2, 0) is 16.0 Å². The zero-order chi connectivity index (χ0) is 14.3. The van der Waals surface area contributed by atoms with Crippen molar-refractivity contribution in [1.82, 2.24) is 0 Å². The summed E-state index contributed by atoms with van der Waals surface area (Å²) in [6.45, 7) is 2.02. The molecule has 0 saturated heterocycles. The lowest BCUT2D eigenvalue weighted by Crippen LogP contribution is -2.09. The van der Waals surface area contributed by atoms with Crippen molar-refractivity contribution in [2.24, 2.45) is 0 Å². The van der Waals surface area contributed by atoms with Gasteiger partial charge in [-0.15, -0.1) is 0 Å². The molecule has 0 amide bonds. The van der Waals surface area contributed by atoms with E-state index >= 15 is 0 Å². The van der Waals surface area contributed by atoms with Gasteiger partial charge in [0.15, 0.2) is 0 Å². The highest BCUT2D eigenvalue weighted by atomic mass is 16.4. The number of carboxylic acid groups (broad SMARTS) is 2. The molecular formula is C15H20O4. The first-order valence-corrected chi connectivity index (χ1v) is 6.56. The minimum absolute atomic E-state index is 0.0347. The molecule has 0 aliphatic rings. The smallest absolute Gasteiger partial charge is 0.303 e. The number of hydrogen-bond donors (Lipinski definition) is 2. The van der Waals surface area contributed by atoms with E-state index in [0.717, 1.165) is 24.0 Å². The summed E-state index contributed by atoms with van der Waals surface area (Å²) >= 11 is 0. The molecule has 1 aromatic carbocycles. The number of rotatable bonds is 8. The number of carbonyl (C=O) groups is 2. The lowest BCUT2D eigenvalue weighted by Gasteiger charge is -2.18. The summed E-state index contributed by atoms with van der Waals surface area (Å²) in [6, 6.07) is 7.55. The summed E-state index contributed by atoms with van der Waals surface area (Å²) in [7, 11) is 0. The van der Waals surface area contributed by atoms with E-state index in [1.807, 2.05) is 31.2 Å². The lowest BCUT2D eigenvalue weighted by molar-refractivity contribution is -0.138. The molecule has 2 N–H and O–H groups in total. The predicted molar refractivity (Wildman–Crippen MR) is 72.3 cm³/mol. The third kappa shape index (κ3) is 5.12. The molecule has 1 rings (SSSR count). The van der Waals surface area contributed by atoms with Crippen LogP contribution in [0.25, 0.3) is 0 Å². The fourth-order valence-electron chi connectivity index (χ4n) is 2.33. The van der Waals surface area contributed by atoms with Crippen molar-refractivity contribution in [3.05, 3.63) is 35.4 Å². The lowest BCUT2D eigenvalue weighted by atomic mass is 9.87. The standard InChI is InChI=1S/C15H20O4/c1-2-5-12(10-15(18)19)13-7-4-3-6-11(13)8-9-14(16)17/h3-4,6-7,12H,2,5,8-10H2,1H3,(H,16,17)(H,18,19).